The van der Waals surface area contributed by atoms with Gasteiger partial charge in [0.1, 0.15) is 0 Å². The number of halogens is 1. The Morgan fingerprint density at radius 3 is 2.62 bits per heavy atom. The van der Waals surface area contributed by atoms with Gasteiger partial charge in [-0.25, -0.2) is 0 Å². The van der Waals surface area contributed by atoms with E-state index in [1.165, 1.54) is 9.35 Å². The van der Waals surface area contributed by atoms with Gasteiger partial charge in [0.15, 0.2) is 0 Å². The van der Waals surface area contributed by atoms with Gasteiger partial charge in [-0.2, -0.15) is 0 Å². The summed E-state index contributed by atoms with van der Waals surface area (Å²) in [6, 6.07) is 2.19. The Balaban J connectivity index is 2.56. The van der Waals surface area contributed by atoms with Crippen molar-refractivity contribution in [3.05, 3.63) is 20.8 Å². The van der Waals surface area contributed by atoms with Crippen LogP contribution in [0.25, 0.3) is 0 Å². The Morgan fingerprint density at radius 1 is 1.54 bits per heavy atom. The number of thiophene rings is 1. The van der Waals surface area contributed by atoms with Gasteiger partial charge in [0, 0.05) is 14.7 Å². The molecule has 13 heavy (non-hydrogen) atoms. The molecular weight excluding hydrogens is 246 g/mol. The predicted molar refractivity (Wildman–Crippen MR) is 63.1 cm³/mol. The molecule has 74 valence electrons. The molecule has 1 aromatic heterocycles. The van der Waals surface area contributed by atoms with Crippen molar-refractivity contribution in [1.82, 2.24) is 0 Å². The first-order chi connectivity index (χ1) is 6.13. The molecule has 1 aromatic rings. The first kappa shape index (κ1) is 11.2. The normalized spacial score (nSPS) is 13.6. The van der Waals surface area contributed by atoms with E-state index in [9.17, 15) is 0 Å². The molecule has 2 N–H and O–H groups in total. The lowest BCUT2D eigenvalue weighted by atomic mass is 9.92. The van der Waals surface area contributed by atoms with Crippen LogP contribution in [0.2, 0.25) is 0 Å². The van der Waals surface area contributed by atoms with Crippen LogP contribution in [-0.4, -0.2) is 6.54 Å². The van der Waals surface area contributed by atoms with Gasteiger partial charge >= 0.3 is 0 Å². The average Bonchev–Trinajstić information content (AvgIpc) is 2.46. The molecule has 0 aliphatic heterocycles. The van der Waals surface area contributed by atoms with Crippen LogP contribution in [0.4, 0.5) is 0 Å². The third kappa shape index (κ3) is 3.41. The molecule has 0 amide bonds. The van der Waals surface area contributed by atoms with Gasteiger partial charge in [-0.3, -0.25) is 0 Å². The molecule has 0 aliphatic rings. The molecule has 0 aromatic carbocycles. The molecule has 3 heteroatoms. The van der Waals surface area contributed by atoms with Crippen molar-refractivity contribution in [2.24, 2.45) is 17.6 Å². The molecule has 0 fully saturated rings. The minimum Gasteiger partial charge on any atom is -0.330 e. The third-order valence-electron chi connectivity index (χ3n) is 2.33. The monoisotopic (exact) mass is 261 g/mol. The van der Waals surface area contributed by atoms with Crippen LogP contribution in [0.15, 0.2) is 15.9 Å². The first-order valence-electron chi connectivity index (χ1n) is 4.56. The number of nitrogens with two attached hydrogens (primary N) is 1. The van der Waals surface area contributed by atoms with E-state index < -0.39 is 0 Å². The van der Waals surface area contributed by atoms with Crippen molar-refractivity contribution in [2.75, 3.05) is 6.54 Å². The number of hydrogen-bond donors (Lipinski definition) is 1. The largest absolute Gasteiger partial charge is 0.330 e. The Labute approximate surface area is 92.5 Å². The van der Waals surface area contributed by atoms with Crippen LogP contribution < -0.4 is 5.73 Å². The average molecular weight is 262 g/mol. The number of hydrogen-bond acceptors (Lipinski definition) is 2. The van der Waals surface area contributed by atoms with E-state index in [4.69, 9.17) is 5.73 Å². The van der Waals surface area contributed by atoms with Crippen molar-refractivity contribution in [2.45, 2.75) is 20.3 Å². The van der Waals surface area contributed by atoms with E-state index in [-0.39, 0.29) is 0 Å². The molecule has 0 saturated heterocycles. The molecular formula is C10H16BrNS. The molecule has 1 nitrogen and oxygen atoms in total. The summed E-state index contributed by atoms with van der Waals surface area (Å²) in [5.74, 6) is 1.29. The molecule has 1 rings (SSSR count). The minimum absolute atomic E-state index is 0.616. The lowest BCUT2D eigenvalue weighted by Gasteiger charge is -2.17. The molecule has 0 bridgehead atoms. The fourth-order valence-corrected chi connectivity index (χ4v) is 2.86. The second kappa shape index (κ2) is 5.13. The quantitative estimate of drug-likeness (QED) is 0.885. The van der Waals surface area contributed by atoms with E-state index in [0.29, 0.717) is 11.8 Å². The predicted octanol–water partition coefficient (Wildman–Crippen LogP) is 3.28. The van der Waals surface area contributed by atoms with Gasteiger partial charge in [-0.15, -0.1) is 11.3 Å². The number of rotatable bonds is 4. The van der Waals surface area contributed by atoms with Crippen LogP contribution in [0.5, 0.6) is 0 Å². The van der Waals surface area contributed by atoms with Crippen molar-refractivity contribution < 1.29 is 0 Å². The second-order valence-electron chi connectivity index (χ2n) is 3.68. The van der Waals surface area contributed by atoms with Gasteiger partial charge in [0.2, 0.25) is 0 Å². The summed E-state index contributed by atoms with van der Waals surface area (Å²) in [4.78, 5) is 1.43. The standard InChI is InChI=1S/C10H16BrNS/c1-7(2)8(5-12)3-10-4-9(11)6-13-10/h4,6-8H,3,5,12H2,1-2H3. The molecule has 0 saturated carbocycles. The SMILES string of the molecule is CC(C)C(CN)Cc1cc(Br)cs1. The maximum Gasteiger partial charge on any atom is 0.0285 e. The van der Waals surface area contributed by atoms with Crippen LogP contribution in [0.1, 0.15) is 18.7 Å². The van der Waals surface area contributed by atoms with Crippen LogP contribution in [0, 0.1) is 11.8 Å². The zero-order chi connectivity index (χ0) is 9.84. The van der Waals surface area contributed by atoms with E-state index in [0.717, 1.165) is 13.0 Å². The smallest absolute Gasteiger partial charge is 0.0285 e. The zero-order valence-electron chi connectivity index (χ0n) is 8.09. The summed E-state index contributed by atoms with van der Waals surface area (Å²) < 4.78 is 1.19. The van der Waals surface area contributed by atoms with E-state index in [2.05, 4.69) is 41.2 Å². The van der Waals surface area contributed by atoms with Crippen LogP contribution in [-0.2, 0) is 6.42 Å². The highest BCUT2D eigenvalue weighted by atomic mass is 79.9. The van der Waals surface area contributed by atoms with Crippen LogP contribution >= 0.6 is 27.3 Å². The molecule has 0 aliphatic carbocycles. The summed E-state index contributed by atoms with van der Waals surface area (Å²) >= 11 is 5.27. The summed E-state index contributed by atoms with van der Waals surface area (Å²) in [5.41, 5.74) is 5.72. The Hall–Kier alpha value is 0.140. The van der Waals surface area contributed by atoms with Gasteiger partial charge < -0.3 is 5.73 Å². The van der Waals surface area contributed by atoms with E-state index in [1.54, 1.807) is 0 Å². The lowest BCUT2D eigenvalue weighted by Crippen LogP contribution is -2.21. The Morgan fingerprint density at radius 2 is 2.23 bits per heavy atom. The second-order valence-corrected chi connectivity index (χ2v) is 5.59. The zero-order valence-corrected chi connectivity index (χ0v) is 10.5. The summed E-state index contributed by atoms with van der Waals surface area (Å²) in [5, 5.41) is 2.13. The topological polar surface area (TPSA) is 26.0 Å². The lowest BCUT2D eigenvalue weighted by molar-refractivity contribution is 0.394. The van der Waals surface area contributed by atoms with Gasteiger partial charge in [0.05, 0.1) is 0 Å². The molecule has 0 radical (unpaired) electrons. The highest BCUT2D eigenvalue weighted by Gasteiger charge is 2.12. The molecule has 1 heterocycles. The summed E-state index contributed by atoms with van der Waals surface area (Å²) in [6.45, 7) is 5.26. The minimum atomic E-state index is 0.616. The van der Waals surface area contributed by atoms with Gasteiger partial charge in [0.25, 0.3) is 0 Å². The highest BCUT2D eigenvalue weighted by molar-refractivity contribution is 9.10. The van der Waals surface area contributed by atoms with Crippen molar-refractivity contribution in [1.29, 1.82) is 0 Å². The molecule has 0 spiro atoms. The van der Waals surface area contributed by atoms with Gasteiger partial charge in [-0.1, -0.05) is 13.8 Å². The Bertz CT molecular complexity index is 257. The van der Waals surface area contributed by atoms with E-state index in [1.807, 2.05) is 11.3 Å². The summed E-state index contributed by atoms with van der Waals surface area (Å²) in [7, 11) is 0. The maximum atomic E-state index is 5.72. The van der Waals surface area contributed by atoms with Crippen molar-refractivity contribution in [3.63, 3.8) is 0 Å². The fraction of sp³-hybridized carbons (Fsp3) is 0.600. The fourth-order valence-electron chi connectivity index (χ4n) is 1.31. The third-order valence-corrected chi connectivity index (χ3v) is 4.05. The Kier molecular flexibility index (Phi) is 4.42. The first-order valence-corrected chi connectivity index (χ1v) is 6.23. The van der Waals surface area contributed by atoms with Crippen molar-refractivity contribution >= 4 is 27.3 Å². The maximum absolute atomic E-state index is 5.72. The van der Waals surface area contributed by atoms with E-state index >= 15 is 0 Å². The highest BCUT2D eigenvalue weighted by Crippen LogP contribution is 2.24. The summed E-state index contributed by atoms with van der Waals surface area (Å²) in [6.07, 6.45) is 1.12. The molecule has 1 unspecified atom stereocenters. The molecule has 1 atom stereocenters. The van der Waals surface area contributed by atoms with Gasteiger partial charge in [-0.05, 0) is 46.8 Å². The van der Waals surface area contributed by atoms with Crippen molar-refractivity contribution in [3.8, 4) is 0 Å². The van der Waals surface area contributed by atoms with Crippen LogP contribution in [0.3, 0.4) is 0 Å².